The molecule has 0 radical (unpaired) electrons. The molecule has 0 amide bonds. The number of nitrogens with zero attached hydrogens (tertiary/aromatic N) is 1. The Balaban J connectivity index is 2.00. The predicted molar refractivity (Wildman–Crippen MR) is 72.5 cm³/mol. The van der Waals surface area contributed by atoms with E-state index in [1.165, 1.54) is 13.2 Å². The number of rotatable bonds is 5. The van der Waals surface area contributed by atoms with Crippen molar-refractivity contribution in [2.45, 2.75) is 36.3 Å². The van der Waals surface area contributed by atoms with Crippen LogP contribution in [0.2, 0.25) is 0 Å². The van der Waals surface area contributed by atoms with E-state index in [0.29, 0.717) is 18.0 Å². The second-order valence-corrected chi connectivity index (χ2v) is 6.49. The van der Waals surface area contributed by atoms with Crippen molar-refractivity contribution in [3.63, 3.8) is 0 Å². The van der Waals surface area contributed by atoms with Crippen LogP contribution in [0.4, 0.5) is 5.82 Å². The molecule has 1 aromatic heterocycles. The molecule has 1 fully saturated rings. The molecule has 1 aliphatic carbocycles. The number of hydrogen-bond acceptors (Lipinski definition) is 5. The van der Waals surface area contributed by atoms with Crippen LogP contribution in [0.15, 0.2) is 23.2 Å². The number of anilines is 1. The molecule has 0 spiro atoms. The SMILES string of the molecule is CNS(=O)(=O)c1ccc(NC2CCC(OC)C2)nc1. The van der Waals surface area contributed by atoms with Gasteiger partial charge in [0, 0.05) is 19.3 Å². The first-order valence-electron chi connectivity index (χ1n) is 6.24. The van der Waals surface area contributed by atoms with E-state index in [-0.39, 0.29) is 4.90 Å². The minimum absolute atomic E-state index is 0.168. The molecule has 0 saturated heterocycles. The molecular weight excluding hydrogens is 266 g/mol. The zero-order valence-electron chi connectivity index (χ0n) is 11.1. The minimum Gasteiger partial charge on any atom is -0.381 e. The van der Waals surface area contributed by atoms with Crippen LogP contribution in [0.5, 0.6) is 0 Å². The molecule has 0 bridgehead atoms. The fraction of sp³-hybridized carbons (Fsp3) is 0.583. The van der Waals surface area contributed by atoms with E-state index < -0.39 is 10.0 Å². The Morgan fingerprint density at radius 3 is 2.68 bits per heavy atom. The van der Waals surface area contributed by atoms with Crippen molar-refractivity contribution in [2.24, 2.45) is 0 Å². The van der Waals surface area contributed by atoms with Crippen molar-refractivity contribution < 1.29 is 13.2 Å². The van der Waals surface area contributed by atoms with Gasteiger partial charge in [-0.15, -0.1) is 0 Å². The Morgan fingerprint density at radius 1 is 1.37 bits per heavy atom. The van der Waals surface area contributed by atoms with E-state index in [1.54, 1.807) is 19.2 Å². The number of sulfonamides is 1. The first-order valence-corrected chi connectivity index (χ1v) is 7.72. The van der Waals surface area contributed by atoms with Gasteiger partial charge in [-0.05, 0) is 38.4 Å². The third-order valence-corrected chi connectivity index (χ3v) is 4.78. The van der Waals surface area contributed by atoms with Crippen molar-refractivity contribution in [3.8, 4) is 0 Å². The molecule has 1 heterocycles. The smallest absolute Gasteiger partial charge is 0.241 e. The third-order valence-electron chi connectivity index (χ3n) is 3.39. The molecule has 19 heavy (non-hydrogen) atoms. The van der Waals surface area contributed by atoms with Crippen molar-refractivity contribution in [1.82, 2.24) is 9.71 Å². The summed E-state index contributed by atoms with van der Waals surface area (Å²) in [5.41, 5.74) is 0. The maximum Gasteiger partial charge on any atom is 0.241 e. The standard InChI is InChI=1S/C12H19N3O3S/c1-13-19(16,17)11-5-6-12(14-8-11)15-9-3-4-10(7-9)18-2/h5-6,8-10,13H,3-4,7H2,1-2H3,(H,14,15). The van der Waals surface area contributed by atoms with Crippen molar-refractivity contribution in [1.29, 1.82) is 0 Å². The van der Waals surface area contributed by atoms with Crippen LogP contribution in [-0.4, -0.2) is 39.7 Å². The summed E-state index contributed by atoms with van der Waals surface area (Å²) >= 11 is 0. The van der Waals surface area contributed by atoms with E-state index in [0.717, 1.165) is 19.3 Å². The summed E-state index contributed by atoms with van der Waals surface area (Å²) in [6.45, 7) is 0. The topological polar surface area (TPSA) is 80.3 Å². The average Bonchev–Trinajstić information content (AvgIpc) is 2.87. The Kier molecular flexibility index (Phi) is 4.38. The van der Waals surface area contributed by atoms with Gasteiger partial charge in [-0.25, -0.2) is 18.1 Å². The summed E-state index contributed by atoms with van der Waals surface area (Å²) in [5.74, 6) is 0.691. The zero-order chi connectivity index (χ0) is 13.9. The van der Waals surface area contributed by atoms with Crippen LogP contribution in [0, 0.1) is 0 Å². The van der Waals surface area contributed by atoms with E-state index in [2.05, 4.69) is 15.0 Å². The van der Waals surface area contributed by atoms with Gasteiger partial charge in [0.05, 0.1) is 6.10 Å². The Morgan fingerprint density at radius 2 is 2.16 bits per heavy atom. The Labute approximate surface area is 113 Å². The fourth-order valence-electron chi connectivity index (χ4n) is 2.24. The summed E-state index contributed by atoms with van der Waals surface area (Å²) < 4.78 is 30.7. The van der Waals surface area contributed by atoms with Gasteiger partial charge in [0.25, 0.3) is 0 Å². The highest BCUT2D eigenvalue weighted by molar-refractivity contribution is 7.89. The molecule has 2 N–H and O–H groups in total. The van der Waals surface area contributed by atoms with Gasteiger partial charge in [0.2, 0.25) is 10.0 Å². The van der Waals surface area contributed by atoms with Gasteiger partial charge in [-0.1, -0.05) is 0 Å². The highest BCUT2D eigenvalue weighted by Crippen LogP contribution is 2.24. The van der Waals surface area contributed by atoms with Gasteiger partial charge in [0.15, 0.2) is 0 Å². The van der Waals surface area contributed by atoms with E-state index in [1.807, 2.05) is 0 Å². The molecule has 2 rings (SSSR count). The monoisotopic (exact) mass is 285 g/mol. The molecule has 1 saturated carbocycles. The quantitative estimate of drug-likeness (QED) is 0.842. The number of pyridine rings is 1. The predicted octanol–water partition coefficient (Wildman–Crippen LogP) is 0.969. The lowest BCUT2D eigenvalue weighted by Gasteiger charge is -2.13. The second kappa shape index (κ2) is 5.85. The summed E-state index contributed by atoms with van der Waals surface area (Å²) in [6, 6.07) is 3.57. The van der Waals surface area contributed by atoms with Crippen LogP contribution >= 0.6 is 0 Å². The molecule has 0 aromatic carbocycles. The van der Waals surface area contributed by atoms with Gasteiger partial charge in [0.1, 0.15) is 10.7 Å². The Hall–Kier alpha value is -1.18. The average molecular weight is 285 g/mol. The van der Waals surface area contributed by atoms with E-state index >= 15 is 0 Å². The maximum absolute atomic E-state index is 11.6. The third kappa shape index (κ3) is 3.43. The second-order valence-electron chi connectivity index (χ2n) is 4.60. The van der Waals surface area contributed by atoms with Crippen molar-refractivity contribution in [3.05, 3.63) is 18.3 Å². The molecule has 6 nitrogen and oxygen atoms in total. The lowest BCUT2D eigenvalue weighted by atomic mass is 10.2. The van der Waals surface area contributed by atoms with Gasteiger partial charge in [-0.2, -0.15) is 0 Å². The van der Waals surface area contributed by atoms with Crippen LogP contribution in [0.3, 0.4) is 0 Å². The van der Waals surface area contributed by atoms with Gasteiger partial charge >= 0.3 is 0 Å². The number of nitrogens with one attached hydrogen (secondary N) is 2. The number of methoxy groups -OCH3 is 1. The zero-order valence-corrected chi connectivity index (χ0v) is 11.9. The van der Waals surface area contributed by atoms with Crippen LogP contribution in [-0.2, 0) is 14.8 Å². The fourth-order valence-corrected chi connectivity index (χ4v) is 2.91. The number of hydrogen-bond donors (Lipinski definition) is 2. The molecule has 7 heteroatoms. The van der Waals surface area contributed by atoms with Crippen LogP contribution in [0.25, 0.3) is 0 Å². The largest absolute Gasteiger partial charge is 0.381 e. The molecule has 2 atom stereocenters. The summed E-state index contributed by atoms with van der Waals surface area (Å²) in [6.07, 6.45) is 4.70. The molecule has 1 aromatic rings. The van der Waals surface area contributed by atoms with E-state index in [4.69, 9.17) is 4.74 Å². The lowest BCUT2D eigenvalue weighted by Crippen LogP contribution is -2.20. The molecular formula is C12H19N3O3S. The maximum atomic E-state index is 11.6. The summed E-state index contributed by atoms with van der Waals surface area (Å²) in [7, 11) is -0.310. The molecule has 1 aliphatic rings. The lowest BCUT2D eigenvalue weighted by molar-refractivity contribution is 0.108. The van der Waals surface area contributed by atoms with Crippen molar-refractivity contribution >= 4 is 15.8 Å². The number of aromatic nitrogens is 1. The summed E-state index contributed by atoms with van der Waals surface area (Å²) in [4.78, 5) is 4.30. The normalized spacial score (nSPS) is 23.5. The molecule has 106 valence electrons. The Bertz CT molecular complexity index is 516. The summed E-state index contributed by atoms with van der Waals surface area (Å²) in [5, 5.41) is 3.30. The molecule has 2 unspecified atom stereocenters. The number of ether oxygens (including phenoxy) is 1. The first-order chi connectivity index (χ1) is 9.05. The highest BCUT2D eigenvalue weighted by Gasteiger charge is 2.24. The minimum atomic E-state index is -3.42. The molecule has 0 aliphatic heterocycles. The van der Waals surface area contributed by atoms with Crippen LogP contribution < -0.4 is 10.0 Å². The van der Waals surface area contributed by atoms with Gasteiger partial charge in [-0.3, -0.25) is 0 Å². The first kappa shape index (κ1) is 14.2. The van der Waals surface area contributed by atoms with Crippen molar-refractivity contribution in [2.75, 3.05) is 19.5 Å². The van der Waals surface area contributed by atoms with Gasteiger partial charge < -0.3 is 10.1 Å². The highest BCUT2D eigenvalue weighted by atomic mass is 32.2. The van der Waals surface area contributed by atoms with E-state index in [9.17, 15) is 8.42 Å². The van der Waals surface area contributed by atoms with Crippen LogP contribution in [0.1, 0.15) is 19.3 Å².